The van der Waals surface area contributed by atoms with Gasteiger partial charge in [-0.1, -0.05) is 60.2 Å². The first-order valence-corrected chi connectivity index (χ1v) is 9.16. The van der Waals surface area contributed by atoms with E-state index in [4.69, 9.17) is 0 Å². The van der Waals surface area contributed by atoms with E-state index in [1.165, 1.54) is 4.31 Å². The van der Waals surface area contributed by atoms with Gasteiger partial charge in [0.1, 0.15) is 0 Å². The molecular formula is C20H19NO2S. The highest BCUT2D eigenvalue weighted by Crippen LogP contribution is 2.31. The standard InChI is InChI=1S/C20H19NO2S/c1-3-15-21(24(22,23)18-13-11-16(2)12-14-18)20-10-6-8-17-7-4-5-9-19(17)20/h3-14H,1,15H2,2H3. The lowest BCUT2D eigenvalue weighted by atomic mass is 10.1. The minimum absolute atomic E-state index is 0.213. The molecule has 122 valence electrons. The van der Waals surface area contributed by atoms with Gasteiger partial charge in [-0.05, 0) is 30.5 Å². The Morgan fingerprint density at radius 3 is 2.33 bits per heavy atom. The van der Waals surface area contributed by atoms with Crippen molar-refractivity contribution in [1.29, 1.82) is 0 Å². The Kier molecular flexibility index (Phi) is 4.40. The first-order chi connectivity index (χ1) is 11.5. The zero-order valence-corrected chi connectivity index (χ0v) is 14.3. The van der Waals surface area contributed by atoms with Crippen molar-refractivity contribution in [1.82, 2.24) is 0 Å². The second-order valence-corrected chi connectivity index (χ2v) is 7.50. The van der Waals surface area contributed by atoms with Crippen LogP contribution in [0.15, 0.2) is 84.3 Å². The van der Waals surface area contributed by atoms with Crippen molar-refractivity contribution in [2.24, 2.45) is 0 Å². The molecule has 0 saturated carbocycles. The first kappa shape index (κ1) is 16.3. The van der Waals surface area contributed by atoms with Crippen molar-refractivity contribution in [3.63, 3.8) is 0 Å². The Labute approximate surface area is 142 Å². The van der Waals surface area contributed by atoms with Crippen LogP contribution in [-0.4, -0.2) is 15.0 Å². The molecule has 0 fully saturated rings. The average Bonchev–Trinajstić information content (AvgIpc) is 2.59. The summed E-state index contributed by atoms with van der Waals surface area (Å²) in [6, 6.07) is 20.4. The van der Waals surface area contributed by atoms with Crippen LogP contribution in [0.25, 0.3) is 10.8 Å². The van der Waals surface area contributed by atoms with Crippen LogP contribution in [0.5, 0.6) is 0 Å². The summed E-state index contributed by atoms with van der Waals surface area (Å²) in [5, 5.41) is 1.90. The normalized spacial score (nSPS) is 11.4. The summed E-state index contributed by atoms with van der Waals surface area (Å²) in [6.07, 6.45) is 1.60. The number of benzene rings is 3. The maximum absolute atomic E-state index is 13.2. The van der Waals surface area contributed by atoms with Crippen LogP contribution in [0.3, 0.4) is 0 Å². The molecule has 0 amide bonds. The molecule has 0 aliphatic rings. The molecule has 24 heavy (non-hydrogen) atoms. The van der Waals surface area contributed by atoms with Crippen LogP contribution in [0.4, 0.5) is 5.69 Å². The minimum atomic E-state index is -3.66. The van der Waals surface area contributed by atoms with Gasteiger partial charge in [0.25, 0.3) is 10.0 Å². The van der Waals surface area contributed by atoms with Crippen LogP contribution < -0.4 is 4.31 Å². The maximum Gasteiger partial charge on any atom is 0.264 e. The predicted octanol–water partition coefficient (Wildman–Crippen LogP) is 4.53. The van der Waals surface area contributed by atoms with Gasteiger partial charge < -0.3 is 0 Å². The summed E-state index contributed by atoms with van der Waals surface area (Å²) in [4.78, 5) is 0.280. The lowest BCUT2D eigenvalue weighted by Crippen LogP contribution is -2.31. The number of hydrogen-bond acceptors (Lipinski definition) is 2. The van der Waals surface area contributed by atoms with E-state index in [-0.39, 0.29) is 11.4 Å². The maximum atomic E-state index is 13.2. The molecule has 0 aliphatic heterocycles. The fourth-order valence-corrected chi connectivity index (χ4v) is 4.16. The van der Waals surface area contributed by atoms with E-state index in [0.29, 0.717) is 5.69 Å². The summed E-state index contributed by atoms with van der Waals surface area (Å²) in [5.74, 6) is 0. The van der Waals surface area contributed by atoms with Crippen molar-refractivity contribution in [3.8, 4) is 0 Å². The van der Waals surface area contributed by atoms with Crippen molar-refractivity contribution >= 4 is 26.5 Å². The fourth-order valence-electron chi connectivity index (χ4n) is 2.71. The van der Waals surface area contributed by atoms with Crippen molar-refractivity contribution in [3.05, 3.63) is 84.9 Å². The number of hydrogen-bond donors (Lipinski definition) is 0. The summed E-state index contributed by atoms with van der Waals surface area (Å²) in [6.45, 7) is 5.87. The smallest absolute Gasteiger partial charge is 0.262 e. The molecule has 0 N–H and O–H groups in total. The second-order valence-electron chi connectivity index (χ2n) is 5.64. The van der Waals surface area contributed by atoms with Crippen LogP contribution >= 0.6 is 0 Å². The number of sulfonamides is 1. The summed E-state index contributed by atoms with van der Waals surface area (Å²) < 4.78 is 27.7. The van der Waals surface area contributed by atoms with Crippen LogP contribution in [0.1, 0.15) is 5.56 Å². The van der Waals surface area contributed by atoms with Crippen molar-refractivity contribution < 1.29 is 8.42 Å². The lowest BCUT2D eigenvalue weighted by molar-refractivity contribution is 0.593. The molecule has 0 aliphatic carbocycles. The van der Waals surface area contributed by atoms with E-state index in [9.17, 15) is 8.42 Å². The summed E-state index contributed by atoms with van der Waals surface area (Å²) >= 11 is 0. The van der Waals surface area contributed by atoms with Gasteiger partial charge in [-0.15, -0.1) is 6.58 Å². The van der Waals surface area contributed by atoms with Crippen LogP contribution in [0, 0.1) is 6.92 Å². The van der Waals surface area contributed by atoms with Gasteiger partial charge in [-0.2, -0.15) is 0 Å². The largest absolute Gasteiger partial charge is 0.264 e. The Morgan fingerprint density at radius 1 is 0.958 bits per heavy atom. The van der Waals surface area contributed by atoms with Gasteiger partial charge in [-0.25, -0.2) is 8.42 Å². The number of rotatable bonds is 5. The third kappa shape index (κ3) is 2.93. The van der Waals surface area contributed by atoms with Gasteiger partial charge in [0.15, 0.2) is 0 Å². The van der Waals surface area contributed by atoms with Crippen LogP contribution in [-0.2, 0) is 10.0 Å². The summed E-state index contributed by atoms with van der Waals surface area (Å²) in [5.41, 5.74) is 1.68. The van der Waals surface area contributed by atoms with Gasteiger partial charge in [0.05, 0.1) is 17.1 Å². The molecule has 4 heteroatoms. The fraction of sp³-hybridized carbons (Fsp3) is 0.100. The van der Waals surface area contributed by atoms with E-state index in [0.717, 1.165) is 16.3 Å². The Morgan fingerprint density at radius 2 is 1.62 bits per heavy atom. The van der Waals surface area contributed by atoms with Gasteiger partial charge in [-0.3, -0.25) is 4.31 Å². The third-order valence-electron chi connectivity index (χ3n) is 3.94. The van der Waals surface area contributed by atoms with E-state index in [1.807, 2.05) is 61.5 Å². The molecule has 3 aromatic rings. The molecule has 0 heterocycles. The number of fused-ring (bicyclic) bond motifs is 1. The summed E-state index contributed by atoms with van der Waals surface area (Å²) in [7, 11) is -3.66. The van der Waals surface area contributed by atoms with E-state index in [1.54, 1.807) is 18.2 Å². The molecule has 3 aromatic carbocycles. The molecule has 0 unspecified atom stereocenters. The molecule has 0 radical (unpaired) electrons. The minimum Gasteiger partial charge on any atom is -0.262 e. The zero-order valence-electron chi connectivity index (χ0n) is 13.5. The molecule has 0 atom stereocenters. The number of aryl methyl sites for hydroxylation is 1. The molecule has 3 nitrogen and oxygen atoms in total. The van der Waals surface area contributed by atoms with Crippen molar-refractivity contribution in [2.75, 3.05) is 10.8 Å². The zero-order chi connectivity index (χ0) is 17.2. The lowest BCUT2D eigenvalue weighted by Gasteiger charge is -2.24. The average molecular weight is 337 g/mol. The van der Waals surface area contributed by atoms with E-state index >= 15 is 0 Å². The van der Waals surface area contributed by atoms with Gasteiger partial charge >= 0.3 is 0 Å². The third-order valence-corrected chi connectivity index (χ3v) is 5.73. The quantitative estimate of drug-likeness (QED) is 0.642. The van der Waals surface area contributed by atoms with Gasteiger partial charge in [0.2, 0.25) is 0 Å². The van der Waals surface area contributed by atoms with Gasteiger partial charge in [0, 0.05) is 5.39 Å². The second kappa shape index (κ2) is 6.49. The van der Waals surface area contributed by atoms with E-state index in [2.05, 4.69) is 6.58 Å². The van der Waals surface area contributed by atoms with E-state index < -0.39 is 10.0 Å². The Hall–Kier alpha value is -2.59. The monoisotopic (exact) mass is 337 g/mol. The highest BCUT2D eigenvalue weighted by Gasteiger charge is 2.25. The molecule has 0 bridgehead atoms. The Bertz CT molecular complexity index is 971. The first-order valence-electron chi connectivity index (χ1n) is 7.72. The highest BCUT2D eigenvalue weighted by atomic mass is 32.2. The topological polar surface area (TPSA) is 37.4 Å². The number of anilines is 1. The molecule has 0 spiro atoms. The Balaban J connectivity index is 2.19. The number of nitrogens with zero attached hydrogens (tertiary/aromatic N) is 1. The molecule has 3 rings (SSSR count). The molecule has 0 aromatic heterocycles. The highest BCUT2D eigenvalue weighted by molar-refractivity contribution is 7.92. The molecule has 0 saturated heterocycles. The van der Waals surface area contributed by atoms with Crippen molar-refractivity contribution in [2.45, 2.75) is 11.8 Å². The molecular weight excluding hydrogens is 318 g/mol. The predicted molar refractivity (Wildman–Crippen MR) is 99.9 cm³/mol. The van der Waals surface area contributed by atoms with Crippen LogP contribution in [0.2, 0.25) is 0 Å². The SMILES string of the molecule is C=CCN(c1cccc2ccccc12)S(=O)(=O)c1ccc(C)cc1.